The fourth-order valence-electron chi connectivity index (χ4n) is 1.60. The predicted molar refractivity (Wildman–Crippen MR) is 73.2 cm³/mol. The average Bonchev–Trinajstić information content (AvgIpc) is 2.82. The molecule has 0 bridgehead atoms. The summed E-state index contributed by atoms with van der Waals surface area (Å²) in [5, 5.41) is 11.0. The summed E-state index contributed by atoms with van der Waals surface area (Å²) < 4.78 is 1.53. The Kier molecular flexibility index (Phi) is 4.13. The number of aromatic nitrogens is 3. The van der Waals surface area contributed by atoms with E-state index in [9.17, 15) is 4.79 Å². The van der Waals surface area contributed by atoms with E-state index in [1.54, 1.807) is 24.4 Å². The van der Waals surface area contributed by atoms with Crippen molar-refractivity contribution in [2.45, 2.75) is 13.5 Å². The zero-order valence-electron chi connectivity index (χ0n) is 10.4. The number of nitrogens with two attached hydrogens (primary N) is 1. The first kappa shape index (κ1) is 13.5. The van der Waals surface area contributed by atoms with Crippen LogP contribution in [-0.2, 0) is 6.54 Å². The van der Waals surface area contributed by atoms with Crippen molar-refractivity contribution in [2.24, 2.45) is 5.73 Å². The van der Waals surface area contributed by atoms with Crippen LogP contribution in [0.2, 0.25) is 5.02 Å². The number of carbonyl (C=O) groups is 1. The molecule has 19 heavy (non-hydrogen) atoms. The third kappa shape index (κ3) is 3.30. The highest BCUT2D eigenvalue weighted by Gasteiger charge is 2.12. The third-order valence-corrected chi connectivity index (χ3v) is 2.80. The molecule has 0 aliphatic rings. The molecule has 6 nitrogen and oxygen atoms in total. The fourth-order valence-corrected chi connectivity index (χ4v) is 1.82. The Hall–Kier alpha value is -1.92. The molecule has 3 N–H and O–H groups in total. The van der Waals surface area contributed by atoms with Gasteiger partial charge in [0.25, 0.3) is 5.91 Å². The van der Waals surface area contributed by atoms with Gasteiger partial charge in [-0.05, 0) is 30.7 Å². The molecule has 0 atom stereocenters. The van der Waals surface area contributed by atoms with E-state index in [4.69, 9.17) is 17.3 Å². The van der Waals surface area contributed by atoms with Gasteiger partial charge in [0, 0.05) is 17.3 Å². The van der Waals surface area contributed by atoms with Crippen LogP contribution in [0.15, 0.2) is 24.4 Å². The molecule has 100 valence electrons. The third-order valence-electron chi connectivity index (χ3n) is 2.57. The van der Waals surface area contributed by atoms with Crippen LogP contribution in [0.4, 0.5) is 5.69 Å². The van der Waals surface area contributed by atoms with Crippen molar-refractivity contribution >= 4 is 23.2 Å². The summed E-state index contributed by atoms with van der Waals surface area (Å²) in [4.78, 5) is 12.0. The largest absolute Gasteiger partial charge is 0.329 e. The Labute approximate surface area is 115 Å². The van der Waals surface area contributed by atoms with Crippen molar-refractivity contribution in [3.05, 3.63) is 40.7 Å². The second-order valence-corrected chi connectivity index (χ2v) is 4.51. The van der Waals surface area contributed by atoms with Crippen molar-refractivity contribution in [1.82, 2.24) is 15.0 Å². The van der Waals surface area contributed by atoms with Gasteiger partial charge in [-0.3, -0.25) is 9.48 Å². The fraction of sp³-hybridized carbons (Fsp3) is 0.250. The number of anilines is 1. The van der Waals surface area contributed by atoms with E-state index in [2.05, 4.69) is 15.6 Å². The lowest BCUT2D eigenvalue weighted by Crippen LogP contribution is -2.13. The van der Waals surface area contributed by atoms with Crippen molar-refractivity contribution < 1.29 is 4.79 Å². The molecule has 0 aliphatic heterocycles. The van der Waals surface area contributed by atoms with E-state index in [0.29, 0.717) is 23.8 Å². The zero-order chi connectivity index (χ0) is 13.8. The van der Waals surface area contributed by atoms with E-state index in [0.717, 1.165) is 5.56 Å². The highest BCUT2D eigenvalue weighted by atomic mass is 35.5. The lowest BCUT2D eigenvalue weighted by atomic mass is 10.2. The molecular weight excluding hydrogens is 266 g/mol. The lowest BCUT2D eigenvalue weighted by Gasteiger charge is -2.06. The molecule has 7 heteroatoms. The maximum absolute atomic E-state index is 12.0. The first-order valence-corrected chi connectivity index (χ1v) is 6.15. The number of amides is 1. The van der Waals surface area contributed by atoms with Crippen LogP contribution in [0, 0.1) is 6.92 Å². The molecular formula is C12H14ClN5O. The molecule has 0 saturated heterocycles. The highest BCUT2D eigenvalue weighted by molar-refractivity contribution is 6.30. The monoisotopic (exact) mass is 279 g/mol. The van der Waals surface area contributed by atoms with E-state index >= 15 is 0 Å². The molecule has 0 saturated carbocycles. The Balaban J connectivity index is 2.11. The summed E-state index contributed by atoms with van der Waals surface area (Å²) in [5.74, 6) is -0.311. The van der Waals surface area contributed by atoms with Crippen molar-refractivity contribution in [1.29, 1.82) is 0 Å². The van der Waals surface area contributed by atoms with Gasteiger partial charge in [0.05, 0.1) is 12.7 Å². The second-order valence-electron chi connectivity index (χ2n) is 4.07. The highest BCUT2D eigenvalue weighted by Crippen LogP contribution is 2.19. The van der Waals surface area contributed by atoms with E-state index in [1.807, 2.05) is 6.92 Å². The molecule has 0 aliphatic carbocycles. The second kappa shape index (κ2) is 5.81. The standard InChI is InChI=1S/C12H14ClN5O/c1-8-6-9(13)2-3-10(8)15-12(19)11-7-18(5-4-14)17-16-11/h2-3,6-7H,4-5,14H2,1H3,(H,15,19). The number of nitrogens with one attached hydrogen (secondary N) is 1. The van der Waals surface area contributed by atoms with Gasteiger partial charge in [-0.25, -0.2) is 0 Å². The summed E-state index contributed by atoms with van der Waals surface area (Å²) in [6.07, 6.45) is 1.56. The van der Waals surface area contributed by atoms with Crippen LogP contribution >= 0.6 is 11.6 Å². The molecule has 1 aromatic heterocycles. The molecule has 1 amide bonds. The summed E-state index contributed by atoms with van der Waals surface area (Å²) in [7, 11) is 0. The van der Waals surface area contributed by atoms with E-state index in [1.165, 1.54) is 4.68 Å². The number of benzene rings is 1. The van der Waals surface area contributed by atoms with Crippen LogP contribution in [-0.4, -0.2) is 27.4 Å². The van der Waals surface area contributed by atoms with Gasteiger partial charge in [0.15, 0.2) is 5.69 Å². The van der Waals surface area contributed by atoms with E-state index < -0.39 is 0 Å². The van der Waals surface area contributed by atoms with Crippen LogP contribution in [0.3, 0.4) is 0 Å². The quantitative estimate of drug-likeness (QED) is 0.887. The number of carbonyl (C=O) groups excluding carboxylic acids is 1. The topological polar surface area (TPSA) is 85.8 Å². The Bertz CT molecular complexity index is 596. The molecule has 1 aromatic carbocycles. The lowest BCUT2D eigenvalue weighted by molar-refractivity contribution is 0.102. The predicted octanol–water partition coefficient (Wildman–Crippen LogP) is 1.45. The first-order valence-electron chi connectivity index (χ1n) is 5.78. The Morgan fingerprint density at radius 3 is 3.00 bits per heavy atom. The number of rotatable bonds is 4. The summed E-state index contributed by atoms with van der Waals surface area (Å²) in [6.45, 7) is 2.84. The number of nitrogens with zero attached hydrogens (tertiary/aromatic N) is 3. The molecule has 1 heterocycles. The van der Waals surface area contributed by atoms with Crippen LogP contribution in [0.1, 0.15) is 16.1 Å². The Morgan fingerprint density at radius 2 is 2.32 bits per heavy atom. The van der Waals surface area contributed by atoms with Crippen molar-refractivity contribution in [3.63, 3.8) is 0 Å². The van der Waals surface area contributed by atoms with Gasteiger partial charge in [-0.1, -0.05) is 16.8 Å². The maximum atomic E-state index is 12.0. The smallest absolute Gasteiger partial charge is 0.277 e. The summed E-state index contributed by atoms with van der Waals surface area (Å²) in [5.41, 5.74) is 7.24. The van der Waals surface area contributed by atoms with Crippen LogP contribution in [0.25, 0.3) is 0 Å². The number of hydrogen-bond donors (Lipinski definition) is 2. The van der Waals surface area contributed by atoms with Gasteiger partial charge in [-0.2, -0.15) is 0 Å². The SMILES string of the molecule is Cc1cc(Cl)ccc1NC(=O)c1cn(CCN)nn1. The minimum atomic E-state index is -0.311. The average molecular weight is 280 g/mol. The van der Waals surface area contributed by atoms with Gasteiger partial charge in [0.2, 0.25) is 0 Å². The zero-order valence-corrected chi connectivity index (χ0v) is 11.2. The van der Waals surface area contributed by atoms with Crippen molar-refractivity contribution in [3.8, 4) is 0 Å². The van der Waals surface area contributed by atoms with Gasteiger partial charge in [-0.15, -0.1) is 5.10 Å². The molecule has 0 fully saturated rings. The number of aryl methyl sites for hydroxylation is 1. The minimum Gasteiger partial charge on any atom is -0.329 e. The minimum absolute atomic E-state index is 0.253. The summed E-state index contributed by atoms with van der Waals surface area (Å²) >= 11 is 5.86. The van der Waals surface area contributed by atoms with Crippen molar-refractivity contribution in [2.75, 3.05) is 11.9 Å². The number of halogens is 1. The van der Waals surface area contributed by atoms with E-state index in [-0.39, 0.29) is 11.6 Å². The molecule has 2 rings (SSSR count). The Morgan fingerprint density at radius 1 is 1.53 bits per heavy atom. The normalized spacial score (nSPS) is 10.5. The number of hydrogen-bond acceptors (Lipinski definition) is 4. The molecule has 0 spiro atoms. The first-order chi connectivity index (χ1) is 9.10. The maximum Gasteiger partial charge on any atom is 0.277 e. The summed E-state index contributed by atoms with van der Waals surface area (Å²) in [6, 6.07) is 5.25. The van der Waals surface area contributed by atoms with Crippen LogP contribution < -0.4 is 11.1 Å². The molecule has 0 unspecified atom stereocenters. The van der Waals surface area contributed by atoms with Gasteiger partial charge < -0.3 is 11.1 Å². The van der Waals surface area contributed by atoms with Gasteiger partial charge >= 0.3 is 0 Å². The van der Waals surface area contributed by atoms with Crippen LogP contribution in [0.5, 0.6) is 0 Å². The molecule has 0 radical (unpaired) electrons. The molecule has 2 aromatic rings. The van der Waals surface area contributed by atoms with Gasteiger partial charge in [0.1, 0.15) is 0 Å².